The number of pyridine rings is 1. The monoisotopic (exact) mass is 397 g/mol. The second kappa shape index (κ2) is 8.39. The summed E-state index contributed by atoms with van der Waals surface area (Å²) in [5.74, 6) is 0.746. The lowest BCUT2D eigenvalue weighted by molar-refractivity contribution is -0.116. The molecule has 0 aliphatic carbocycles. The quantitative estimate of drug-likeness (QED) is 0.677. The highest BCUT2D eigenvalue weighted by molar-refractivity contribution is 6.33. The number of nitrogens with one attached hydrogen (secondary N) is 1. The Kier molecular flexibility index (Phi) is 5.53. The molecule has 0 unspecified atom stereocenters. The van der Waals surface area contributed by atoms with Crippen LogP contribution in [0.4, 0.5) is 11.4 Å². The van der Waals surface area contributed by atoms with Crippen LogP contribution in [0.1, 0.15) is 25.2 Å². The van der Waals surface area contributed by atoms with Crippen molar-refractivity contribution in [2.75, 3.05) is 23.3 Å². The Labute approximate surface area is 167 Å². The summed E-state index contributed by atoms with van der Waals surface area (Å²) in [6.07, 6.45) is 6.31. The lowest BCUT2D eigenvalue weighted by Gasteiger charge is -2.19. The fraction of sp³-hybridized carbons (Fsp3) is 0.300. The first-order valence-corrected chi connectivity index (χ1v) is 9.64. The van der Waals surface area contributed by atoms with Crippen LogP contribution >= 0.6 is 11.6 Å². The number of amides is 1. The highest BCUT2D eigenvalue weighted by Crippen LogP contribution is 2.31. The number of hydrogen-bond donors (Lipinski definition) is 1. The molecule has 1 fully saturated rings. The van der Waals surface area contributed by atoms with Crippen LogP contribution in [0.3, 0.4) is 0 Å². The zero-order valence-electron chi connectivity index (χ0n) is 15.3. The lowest BCUT2D eigenvalue weighted by atomic mass is 10.2. The van der Waals surface area contributed by atoms with E-state index in [1.165, 1.54) is 12.8 Å². The molecule has 1 aromatic carbocycles. The number of benzene rings is 1. The van der Waals surface area contributed by atoms with E-state index in [0.29, 0.717) is 28.8 Å². The third-order valence-corrected chi connectivity index (χ3v) is 4.93. The number of anilines is 2. The summed E-state index contributed by atoms with van der Waals surface area (Å²) in [7, 11) is 0. The van der Waals surface area contributed by atoms with Crippen molar-refractivity contribution in [3.63, 3.8) is 0 Å². The molecule has 0 atom stereocenters. The van der Waals surface area contributed by atoms with Crippen molar-refractivity contribution in [3.8, 4) is 11.4 Å². The van der Waals surface area contributed by atoms with Gasteiger partial charge in [0.2, 0.25) is 17.6 Å². The fourth-order valence-electron chi connectivity index (χ4n) is 3.21. The van der Waals surface area contributed by atoms with E-state index >= 15 is 0 Å². The Morgan fingerprint density at radius 3 is 2.86 bits per heavy atom. The summed E-state index contributed by atoms with van der Waals surface area (Å²) in [4.78, 5) is 22.9. The molecule has 1 saturated heterocycles. The zero-order chi connectivity index (χ0) is 19.3. The van der Waals surface area contributed by atoms with Crippen LogP contribution in [-0.4, -0.2) is 34.1 Å². The molecule has 144 valence electrons. The predicted octanol–water partition coefficient (Wildman–Crippen LogP) is 3.96. The second-order valence-corrected chi connectivity index (χ2v) is 7.07. The molecule has 8 heteroatoms. The highest BCUT2D eigenvalue weighted by atomic mass is 35.5. The van der Waals surface area contributed by atoms with E-state index in [0.717, 1.165) is 24.3 Å². The standard InChI is InChI=1S/C20H20ClN5O2/c21-16-12-15(5-6-17(16)26-10-1-2-11-26)23-18(27)7-8-19-24-20(25-28-19)14-4-3-9-22-13-14/h3-6,9,12-13H,1-2,7-8,10-11H2,(H,23,27). The zero-order valence-corrected chi connectivity index (χ0v) is 16.0. The van der Waals surface area contributed by atoms with Crippen LogP contribution in [0.25, 0.3) is 11.4 Å². The SMILES string of the molecule is O=C(CCc1nc(-c2cccnc2)no1)Nc1ccc(N2CCCC2)c(Cl)c1. The molecule has 1 N–H and O–H groups in total. The summed E-state index contributed by atoms with van der Waals surface area (Å²) in [5.41, 5.74) is 2.47. The van der Waals surface area contributed by atoms with Gasteiger partial charge >= 0.3 is 0 Å². The Morgan fingerprint density at radius 1 is 1.25 bits per heavy atom. The summed E-state index contributed by atoms with van der Waals surface area (Å²) in [6, 6.07) is 9.29. The molecule has 3 aromatic rings. The van der Waals surface area contributed by atoms with Crippen LogP contribution < -0.4 is 10.2 Å². The summed E-state index contributed by atoms with van der Waals surface area (Å²) >= 11 is 6.40. The van der Waals surface area contributed by atoms with Gasteiger partial charge in [-0.3, -0.25) is 9.78 Å². The smallest absolute Gasteiger partial charge is 0.227 e. The van der Waals surface area contributed by atoms with Crippen molar-refractivity contribution < 1.29 is 9.32 Å². The van der Waals surface area contributed by atoms with Gasteiger partial charge in [0, 0.05) is 49.6 Å². The molecule has 1 aliphatic rings. The van der Waals surface area contributed by atoms with Crippen molar-refractivity contribution in [2.45, 2.75) is 25.7 Å². The maximum absolute atomic E-state index is 12.3. The van der Waals surface area contributed by atoms with Gasteiger partial charge in [-0.2, -0.15) is 4.98 Å². The Hall–Kier alpha value is -2.93. The minimum atomic E-state index is -0.133. The topological polar surface area (TPSA) is 84.1 Å². The van der Waals surface area contributed by atoms with Gasteiger partial charge in [-0.05, 0) is 43.2 Å². The molecule has 7 nitrogen and oxygen atoms in total. The average molecular weight is 398 g/mol. The number of halogens is 1. The summed E-state index contributed by atoms with van der Waals surface area (Å²) in [5, 5.41) is 7.45. The van der Waals surface area contributed by atoms with Crippen molar-refractivity contribution in [1.82, 2.24) is 15.1 Å². The van der Waals surface area contributed by atoms with Crippen LogP contribution in [0.2, 0.25) is 5.02 Å². The molecular weight excluding hydrogens is 378 g/mol. The third kappa shape index (κ3) is 4.31. The van der Waals surface area contributed by atoms with E-state index in [4.69, 9.17) is 16.1 Å². The van der Waals surface area contributed by atoms with E-state index in [9.17, 15) is 4.79 Å². The van der Waals surface area contributed by atoms with Gasteiger partial charge in [0.15, 0.2) is 0 Å². The van der Waals surface area contributed by atoms with Gasteiger partial charge in [-0.15, -0.1) is 0 Å². The highest BCUT2D eigenvalue weighted by Gasteiger charge is 2.16. The molecule has 0 bridgehead atoms. The van der Waals surface area contributed by atoms with Crippen molar-refractivity contribution in [2.24, 2.45) is 0 Å². The molecule has 4 rings (SSSR count). The Bertz CT molecular complexity index is 954. The lowest BCUT2D eigenvalue weighted by Crippen LogP contribution is -2.18. The minimum Gasteiger partial charge on any atom is -0.370 e. The van der Waals surface area contributed by atoms with Crippen molar-refractivity contribution >= 4 is 28.9 Å². The second-order valence-electron chi connectivity index (χ2n) is 6.66. The van der Waals surface area contributed by atoms with E-state index in [1.807, 2.05) is 18.2 Å². The summed E-state index contributed by atoms with van der Waals surface area (Å²) in [6.45, 7) is 2.05. The molecule has 1 amide bonds. The summed E-state index contributed by atoms with van der Waals surface area (Å²) < 4.78 is 5.22. The Balaban J connectivity index is 1.32. The predicted molar refractivity (Wildman–Crippen MR) is 107 cm³/mol. The molecule has 3 heterocycles. The average Bonchev–Trinajstić information content (AvgIpc) is 3.39. The van der Waals surface area contributed by atoms with Crippen molar-refractivity contribution in [3.05, 3.63) is 53.6 Å². The van der Waals surface area contributed by atoms with Gasteiger partial charge in [0.1, 0.15) is 0 Å². The first-order valence-electron chi connectivity index (χ1n) is 9.26. The number of aromatic nitrogens is 3. The van der Waals surface area contributed by atoms with Gasteiger partial charge in [0.05, 0.1) is 10.7 Å². The molecule has 0 spiro atoms. The largest absolute Gasteiger partial charge is 0.370 e. The Morgan fingerprint density at radius 2 is 2.11 bits per heavy atom. The van der Waals surface area contributed by atoms with Crippen LogP contribution in [0.5, 0.6) is 0 Å². The minimum absolute atomic E-state index is 0.133. The molecule has 0 saturated carbocycles. The van der Waals surface area contributed by atoms with Crippen LogP contribution in [0.15, 0.2) is 47.2 Å². The molecular formula is C20H20ClN5O2. The number of hydrogen-bond acceptors (Lipinski definition) is 6. The normalized spacial score (nSPS) is 13.7. The maximum Gasteiger partial charge on any atom is 0.227 e. The van der Waals surface area contributed by atoms with Gasteiger partial charge in [-0.25, -0.2) is 0 Å². The first kappa shape index (κ1) is 18.4. The molecule has 2 aromatic heterocycles. The van der Waals surface area contributed by atoms with Gasteiger partial charge < -0.3 is 14.7 Å². The number of rotatable bonds is 6. The third-order valence-electron chi connectivity index (χ3n) is 4.63. The van der Waals surface area contributed by atoms with Gasteiger partial charge in [-0.1, -0.05) is 16.8 Å². The number of carbonyl (C=O) groups excluding carboxylic acids is 1. The van der Waals surface area contributed by atoms with E-state index < -0.39 is 0 Å². The van der Waals surface area contributed by atoms with E-state index in [1.54, 1.807) is 24.5 Å². The van der Waals surface area contributed by atoms with Crippen LogP contribution in [-0.2, 0) is 11.2 Å². The fourth-order valence-corrected chi connectivity index (χ4v) is 3.51. The van der Waals surface area contributed by atoms with E-state index in [-0.39, 0.29) is 12.3 Å². The van der Waals surface area contributed by atoms with Crippen molar-refractivity contribution in [1.29, 1.82) is 0 Å². The maximum atomic E-state index is 12.3. The van der Waals surface area contributed by atoms with E-state index in [2.05, 4.69) is 25.3 Å². The molecule has 1 aliphatic heterocycles. The number of aryl methyl sites for hydroxylation is 1. The van der Waals surface area contributed by atoms with Gasteiger partial charge in [0.25, 0.3) is 0 Å². The molecule has 28 heavy (non-hydrogen) atoms. The molecule has 0 radical (unpaired) electrons. The van der Waals surface area contributed by atoms with Crippen LogP contribution in [0, 0.1) is 0 Å². The first-order chi connectivity index (χ1) is 13.7. The number of nitrogens with zero attached hydrogens (tertiary/aromatic N) is 4. The number of carbonyl (C=O) groups is 1.